The van der Waals surface area contributed by atoms with Crippen molar-refractivity contribution in [3.05, 3.63) is 30.7 Å². The highest BCUT2D eigenvalue weighted by Crippen LogP contribution is 2.24. The number of aromatic amines is 1. The van der Waals surface area contributed by atoms with Gasteiger partial charge in [-0.15, -0.1) is 0 Å². The Balaban J connectivity index is 1.79. The number of hydrogen-bond donors (Lipinski definition) is 3. The summed E-state index contributed by atoms with van der Waals surface area (Å²) in [6, 6.07) is 6.26. The predicted octanol–water partition coefficient (Wildman–Crippen LogP) is 1.48. The molecule has 2 aromatic rings. The molecule has 1 aliphatic heterocycles. The Labute approximate surface area is 112 Å². The monoisotopic (exact) mass is 258 g/mol. The summed E-state index contributed by atoms with van der Waals surface area (Å²) in [5.74, 6) is 2.65. The van der Waals surface area contributed by atoms with E-state index < -0.39 is 0 Å². The molecule has 0 spiro atoms. The molecule has 19 heavy (non-hydrogen) atoms. The Morgan fingerprint density at radius 1 is 1.47 bits per heavy atom. The van der Waals surface area contributed by atoms with Crippen molar-refractivity contribution in [2.75, 3.05) is 23.3 Å². The zero-order chi connectivity index (χ0) is 13.1. The normalized spacial score (nSPS) is 18.8. The van der Waals surface area contributed by atoms with Crippen LogP contribution in [0.25, 0.3) is 0 Å². The van der Waals surface area contributed by atoms with Gasteiger partial charge in [0.1, 0.15) is 23.8 Å². The van der Waals surface area contributed by atoms with E-state index in [9.17, 15) is 0 Å². The molecule has 1 unspecified atom stereocenters. The molecule has 1 aliphatic rings. The lowest BCUT2D eigenvalue weighted by atomic mass is 10.2. The number of hydrogen-bond acceptors (Lipinski definition) is 5. The summed E-state index contributed by atoms with van der Waals surface area (Å²) in [4.78, 5) is 13.9. The lowest BCUT2D eigenvalue weighted by Crippen LogP contribution is -2.35. The van der Waals surface area contributed by atoms with Crippen LogP contribution in [-0.4, -0.2) is 34.1 Å². The Kier molecular flexibility index (Phi) is 3.33. The molecular formula is C13H18N6. The second kappa shape index (κ2) is 5.27. The molecule has 0 saturated carbocycles. The minimum Gasteiger partial charge on any atom is -0.352 e. The molecule has 3 rings (SSSR count). The van der Waals surface area contributed by atoms with E-state index in [4.69, 9.17) is 5.73 Å². The van der Waals surface area contributed by atoms with Crippen LogP contribution < -0.4 is 16.0 Å². The van der Waals surface area contributed by atoms with Crippen LogP contribution in [0.4, 0.5) is 17.5 Å². The summed E-state index contributed by atoms with van der Waals surface area (Å²) in [7, 11) is 0. The Hall–Kier alpha value is -2.08. The number of nitrogens with zero attached hydrogens (tertiary/aromatic N) is 3. The maximum Gasteiger partial charge on any atom is 0.136 e. The average Bonchev–Trinajstić information content (AvgIpc) is 3.09. The number of nitrogens with two attached hydrogens (primary N) is 1. The molecule has 2 aromatic heterocycles. The van der Waals surface area contributed by atoms with Crippen molar-refractivity contribution in [1.82, 2.24) is 15.0 Å². The number of nitrogens with one attached hydrogen (secondary N) is 2. The highest BCUT2D eigenvalue weighted by molar-refractivity contribution is 5.56. The van der Waals surface area contributed by atoms with Crippen molar-refractivity contribution in [3.63, 3.8) is 0 Å². The van der Waals surface area contributed by atoms with Crippen molar-refractivity contribution >= 4 is 17.5 Å². The lowest BCUT2D eigenvalue weighted by Gasteiger charge is -2.24. The van der Waals surface area contributed by atoms with Crippen LogP contribution in [0.2, 0.25) is 0 Å². The van der Waals surface area contributed by atoms with Crippen LogP contribution in [-0.2, 0) is 0 Å². The third kappa shape index (κ3) is 2.53. The van der Waals surface area contributed by atoms with Gasteiger partial charge in [0.2, 0.25) is 0 Å². The van der Waals surface area contributed by atoms with Gasteiger partial charge in [0.25, 0.3) is 0 Å². The molecule has 100 valence electrons. The van der Waals surface area contributed by atoms with Crippen LogP contribution in [0.15, 0.2) is 30.7 Å². The van der Waals surface area contributed by atoms with Crippen LogP contribution >= 0.6 is 0 Å². The zero-order valence-electron chi connectivity index (χ0n) is 10.7. The van der Waals surface area contributed by atoms with E-state index in [0.29, 0.717) is 12.6 Å². The first-order chi connectivity index (χ1) is 9.36. The Morgan fingerprint density at radius 3 is 3.21 bits per heavy atom. The van der Waals surface area contributed by atoms with Gasteiger partial charge in [0, 0.05) is 31.4 Å². The van der Waals surface area contributed by atoms with Gasteiger partial charge < -0.3 is 20.9 Å². The van der Waals surface area contributed by atoms with Crippen molar-refractivity contribution in [2.24, 2.45) is 5.73 Å². The third-order valence-corrected chi connectivity index (χ3v) is 3.46. The van der Waals surface area contributed by atoms with Gasteiger partial charge in [0.15, 0.2) is 0 Å². The topological polar surface area (TPSA) is 82.9 Å². The fourth-order valence-electron chi connectivity index (χ4n) is 2.50. The van der Waals surface area contributed by atoms with Gasteiger partial charge in [0.05, 0.1) is 0 Å². The van der Waals surface area contributed by atoms with Gasteiger partial charge in [-0.2, -0.15) is 0 Å². The number of rotatable bonds is 4. The third-order valence-electron chi connectivity index (χ3n) is 3.46. The minimum atomic E-state index is 0.397. The number of anilines is 3. The first kappa shape index (κ1) is 12.0. The van der Waals surface area contributed by atoms with Crippen molar-refractivity contribution in [2.45, 2.75) is 18.9 Å². The molecular weight excluding hydrogens is 240 g/mol. The summed E-state index contributed by atoms with van der Waals surface area (Å²) in [5, 5.41) is 3.22. The Morgan fingerprint density at radius 2 is 2.42 bits per heavy atom. The molecule has 0 aromatic carbocycles. The molecule has 3 heterocycles. The zero-order valence-corrected chi connectivity index (χ0v) is 10.7. The van der Waals surface area contributed by atoms with Crippen LogP contribution in [0, 0.1) is 0 Å². The molecule has 0 amide bonds. The quantitative estimate of drug-likeness (QED) is 0.773. The summed E-state index contributed by atoms with van der Waals surface area (Å²) in [5.41, 5.74) is 5.80. The highest BCUT2D eigenvalue weighted by atomic mass is 15.2. The Bertz CT molecular complexity index is 524. The first-order valence-corrected chi connectivity index (χ1v) is 6.56. The van der Waals surface area contributed by atoms with E-state index in [1.807, 2.05) is 24.4 Å². The second-order valence-electron chi connectivity index (χ2n) is 4.70. The smallest absolute Gasteiger partial charge is 0.136 e. The maximum atomic E-state index is 5.80. The fourth-order valence-corrected chi connectivity index (χ4v) is 2.50. The SMILES string of the molecule is NCC1CCCN1c1cc(Nc2ccc[nH]2)ncn1. The van der Waals surface area contributed by atoms with E-state index in [1.54, 1.807) is 6.33 Å². The minimum absolute atomic E-state index is 0.397. The number of H-pyrrole nitrogens is 1. The molecule has 0 radical (unpaired) electrons. The van der Waals surface area contributed by atoms with Crippen LogP contribution in [0.1, 0.15) is 12.8 Å². The fraction of sp³-hybridized carbons (Fsp3) is 0.385. The maximum absolute atomic E-state index is 5.80. The van der Waals surface area contributed by atoms with Crippen molar-refractivity contribution in [1.29, 1.82) is 0 Å². The van der Waals surface area contributed by atoms with E-state index in [-0.39, 0.29) is 0 Å². The average molecular weight is 258 g/mol. The van der Waals surface area contributed by atoms with E-state index in [2.05, 4.69) is 25.2 Å². The highest BCUT2D eigenvalue weighted by Gasteiger charge is 2.24. The van der Waals surface area contributed by atoms with Gasteiger partial charge >= 0.3 is 0 Å². The lowest BCUT2D eigenvalue weighted by molar-refractivity contribution is 0.671. The van der Waals surface area contributed by atoms with Crippen molar-refractivity contribution in [3.8, 4) is 0 Å². The van der Waals surface area contributed by atoms with Crippen LogP contribution in [0.3, 0.4) is 0 Å². The van der Waals surface area contributed by atoms with E-state index in [1.165, 1.54) is 6.42 Å². The number of aromatic nitrogens is 3. The summed E-state index contributed by atoms with van der Waals surface area (Å²) in [6.07, 6.45) is 5.77. The van der Waals surface area contributed by atoms with Gasteiger partial charge in [-0.3, -0.25) is 0 Å². The summed E-state index contributed by atoms with van der Waals surface area (Å²) < 4.78 is 0. The molecule has 0 aliphatic carbocycles. The van der Waals surface area contributed by atoms with Gasteiger partial charge in [-0.1, -0.05) is 0 Å². The molecule has 1 saturated heterocycles. The molecule has 0 bridgehead atoms. The predicted molar refractivity (Wildman–Crippen MR) is 75.5 cm³/mol. The van der Waals surface area contributed by atoms with E-state index >= 15 is 0 Å². The molecule has 4 N–H and O–H groups in total. The molecule has 6 heteroatoms. The van der Waals surface area contributed by atoms with Gasteiger partial charge in [-0.25, -0.2) is 9.97 Å². The second-order valence-corrected chi connectivity index (χ2v) is 4.70. The van der Waals surface area contributed by atoms with E-state index in [0.717, 1.165) is 30.4 Å². The molecule has 1 atom stereocenters. The summed E-state index contributed by atoms with van der Waals surface area (Å²) in [6.45, 7) is 1.68. The van der Waals surface area contributed by atoms with Crippen molar-refractivity contribution < 1.29 is 0 Å². The van der Waals surface area contributed by atoms with Gasteiger partial charge in [-0.05, 0) is 25.0 Å². The standard InChI is InChI=1S/C13H18N6/c14-8-10-3-2-6-19(10)13-7-12(16-9-17-13)18-11-4-1-5-15-11/h1,4-5,7,9-10,15H,2-3,6,8,14H2,(H,16,17,18). The van der Waals surface area contributed by atoms with Crippen LogP contribution in [0.5, 0.6) is 0 Å². The first-order valence-electron chi connectivity index (χ1n) is 6.56. The largest absolute Gasteiger partial charge is 0.352 e. The molecule has 1 fully saturated rings. The molecule has 6 nitrogen and oxygen atoms in total. The summed E-state index contributed by atoms with van der Waals surface area (Å²) >= 11 is 0.